The van der Waals surface area contributed by atoms with Crippen molar-refractivity contribution >= 4 is 23.1 Å². The van der Waals surface area contributed by atoms with E-state index in [2.05, 4.69) is 15.0 Å². The number of aryl methyl sites for hydroxylation is 1. The molecule has 2 heterocycles. The summed E-state index contributed by atoms with van der Waals surface area (Å²) in [4.78, 5) is 24.8. The summed E-state index contributed by atoms with van der Waals surface area (Å²) >= 11 is 1.41. The SMILES string of the molecule is CCOC(=O)c1c(C)nc(-c2cncs2)nc1N. The number of nitrogen functional groups attached to an aromatic ring is 1. The summed E-state index contributed by atoms with van der Waals surface area (Å²) in [6.07, 6.45) is 1.66. The fraction of sp³-hybridized carbons (Fsp3) is 0.273. The molecule has 0 aliphatic rings. The zero-order chi connectivity index (χ0) is 13.1. The molecular formula is C11H12N4O2S. The normalized spacial score (nSPS) is 10.3. The maximum Gasteiger partial charge on any atom is 0.343 e. The van der Waals surface area contributed by atoms with Crippen molar-refractivity contribution in [1.29, 1.82) is 0 Å². The first-order valence-corrected chi connectivity index (χ1v) is 6.21. The van der Waals surface area contributed by atoms with E-state index in [-0.39, 0.29) is 18.0 Å². The lowest BCUT2D eigenvalue weighted by Gasteiger charge is -2.08. The first-order chi connectivity index (χ1) is 8.63. The van der Waals surface area contributed by atoms with E-state index in [4.69, 9.17) is 10.5 Å². The predicted octanol–water partition coefficient (Wildman–Crippen LogP) is 1.67. The highest BCUT2D eigenvalue weighted by atomic mass is 32.1. The molecule has 0 saturated carbocycles. The van der Waals surface area contributed by atoms with Crippen LogP contribution in [0.4, 0.5) is 5.82 Å². The predicted molar refractivity (Wildman–Crippen MR) is 68.2 cm³/mol. The van der Waals surface area contributed by atoms with Gasteiger partial charge < -0.3 is 10.5 Å². The Bertz CT molecular complexity index is 545. The van der Waals surface area contributed by atoms with Crippen LogP contribution in [-0.4, -0.2) is 27.5 Å². The van der Waals surface area contributed by atoms with Crippen molar-refractivity contribution in [3.8, 4) is 10.7 Å². The van der Waals surface area contributed by atoms with E-state index >= 15 is 0 Å². The van der Waals surface area contributed by atoms with Gasteiger partial charge >= 0.3 is 5.97 Å². The molecule has 0 aliphatic carbocycles. The zero-order valence-electron chi connectivity index (χ0n) is 10.0. The highest BCUT2D eigenvalue weighted by Crippen LogP contribution is 2.23. The van der Waals surface area contributed by atoms with Crippen LogP contribution in [0.2, 0.25) is 0 Å². The molecule has 7 heteroatoms. The number of hydrogen-bond acceptors (Lipinski definition) is 7. The molecule has 0 fully saturated rings. The minimum Gasteiger partial charge on any atom is -0.462 e. The maximum atomic E-state index is 11.7. The number of aromatic nitrogens is 3. The van der Waals surface area contributed by atoms with Crippen molar-refractivity contribution in [3.63, 3.8) is 0 Å². The molecule has 2 N–H and O–H groups in total. The standard InChI is InChI=1S/C11H12N4O2S/c1-3-17-11(16)8-6(2)14-10(15-9(8)12)7-4-13-5-18-7/h4-5H,3H2,1-2H3,(H2,12,14,15). The second-order valence-corrected chi connectivity index (χ2v) is 4.37. The van der Waals surface area contributed by atoms with Gasteiger partial charge in [0.25, 0.3) is 0 Å². The van der Waals surface area contributed by atoms with Crippen LogP contribution in [0.25, 0.3) is 10.7 Å². The molecule has 0 radical (unpaired) electrons. The average molecular weight is 264 g/mol. The van der Waals surface area contributed by atoms with Crippen LogP contribution in [0.5, 0.6) is 0 Å². The quantitative estimate of drug-likeness (QED) is 0.848. The van der Waals surface area contributed by atoms with Gasteiger partial charge in [-0.15, -0.1) is 11.3 Å². The van der Waals surface area contributed by atoms with Crippen LogP contribution in [0.1, 0.15) is 23.0 Å². The lowest BCUT2D eigenvalue weighted by molar-refractivity contribution is 0.0526. The van der Waals surface area contributed by atoms with Crippen LogP contribution >= 0.6 is 11.3 Å². The number of carbonyl (C=O) groups is 1. The van der Waals surface area contributed by atoms with Gasteiger partial charge in [0.05, 0.1) is 22.7 Å². The Kier molecular flexibility index (Phi) is 3.52. The highest BCUT2D eigenvalue weighted by molar-refractivity contribution is 7.13. The number of nitrogens with zero attached hydrogens (tertiary/aromatic N) is 3. The number of hydrogen-bond donors (Lipinski definition) is 1. The summed E-state index contributed by atoms with van der Waals surface area (Å²) in [7, 11) is 0. The number of anilines is 1. The average Bonchev–Trinajstić information content (AvgIpc) is 2.81. The molecule has 2 aromatic rings. The molecule has 0 aliphatic heterocycles. The Morgan fingerprint density at radius 2 is 2.28 bits per heavy atom. The van der Waals surface area contributed by atoms with Crippen molar-refractivity contribution in [2.45, 2.75) is 13.8 Å². The van der Waals surface area contributed by atoms with Crippen molar-refractivity contribution < 1.29 is 9.53 Å². The number of ether oxygens (including phenoxy) is 1. The summed E-state index contributed by atoms with van der Waals surface area (Å²) in [5, 5.41) is 0. The number of carbonyl (C=O) groups excluding carboxylic acids is 1. The number of rotatable bonds is 3. The minimum absolute atomic E-state index is 0.129. The van der Waals surface area contributed by atoms with Gasteiger partial charge in [-0.2, -0.15) is 0 Å². The molecule has 0 bridgehead atoms. The van der Waals surface area contributed by atoms with Gasteiger partial charge in [0.2, 0.25) is 0 Å². The summed E-state index contributed by atoms with van der Waals surface area (Å²) in [5.41, 5.74) is 8.21. The Labute approximate surface area is 108 Å². The molecule has 0 unspecified atom stereocenters. The first kappa shape index (κ1) is 12.4. The largest absolute Gasteiger partial charge is 0.462 e. The number of nitrogens with two attached hydrogens (primary N) is 1. The molecule has 0 saturated heterocycles. The smallest absolute Gasteiger partial charge is 0.343 e. The molecule has 0 spiro atoms. The van der Waals surface area contributed by atoms with Gasteiger partial charge in [0, 0.05) is 6.20 Å². The van der Waals surface area contributed by atoms with Crippen molar-refractivity contribution in [3.05, 3.63) is 23.0 Å². The van der Waals surface area contributed by atoms with Crippen molar-refractivity contribution in [2.24, 2.45) is 0 Å². The molecular weight excluding hydrogens is 252 g/mol. The molecule has 0 amide bonds. The molecule has 18 heavy (non-hydrogen) atoms. The molecule has 2 rings (SSSR count). The first-order valence-electron chi connectivity index (χ1n) is 5.33. The third-order valence-electron chi connectivity index (χ3n) is 2.25. The number of esters is 1. The fourth-order valence-electron chi connectivity index (χ4n) is 1.49. The minimum atomic E-state index is -0.497. The van der Waals surface area contributed by atoms with Crippen molar-refractivity contribution in [1.82, 2.24) is 15.0 Å². The monoisotopic (exact) mass is 264 g/mol. The van der Waals surface area contributed by atoms with Gasteiger partial charge in [0.1, 0.15) is 11.4 Å². The third-order valence-corrected chi connectivity index (χ3v) is 3.02. The van der Waals surface area contributed by atoms with Crippen LogP contribution in [0.15, 0.2) is 11.7 Å². The van der Waals surface area contributed by atoms with E-state index < -0.39 is 5.97 Å². The van der Waals surface area contributed by atoms with Crippen molar-refractivity contribution in [2.75, 3.05) is 12.3 Å². The van der Waals surface area contributed by atoms with E-state index in [0.717, 1.165) is 4.88 Å². The summed E-state index contributed by atoms with van der Waals surface area (Å²) < 4.78 is 4.91. The summed E-state index contributed by atoms with van der Waals surface area (Å²) in [6.45, 7) is 3.72. The Hall–Kier alpha value is -2.02. The number of thiazole rings is 1. The molecule has 2 aromatic heterocycles. The lowest BCUT2D eigenvalue weighted by Crippen LogP contribution is -2.13. The fourth-order valence-corrected chi connectivity index (χ4v) is 2.04. The maximum absolute atomic E-state index is 11.7. The Morgan fingerprint density at radius 1 is 1.50 bits per heavy atom. The Morgan fingerprint density at radius 3 is 2.83 bits per heavy atom. The van der Waals surface area contributed by atoms with Gasteiger partial charge in [0.15, 0.2) is 5.82 Å². The van der Waals surface area contributed by atoms with E-state index in [1.54, 1.807) is 25.6 Å². The van der Waals surface area contributed by atoms with E-state index in [0.29, 0.717) is 11.5 Å². The van der Waals surface area contributed by atoms with Gasteiger partial charge in [-0.25, -0.2) is 14.8 Å². The second-order valence-electron chi connectivity index (χ2n) is 3.48. The van der Waals surface area contributed by atoms with Crippen LogP contribution in [0, 0.1) is 6.92 Å². The summed E-state index contributed by atoms with van der Waals surface area (Å²) in [5.74, 6) is 0.105. The van der Waals surface area contributed by atoms with Crippen LogP contribution < -0.4 is 5.73 Å². The molecule has 0 aromatic carbocycles. The van der Waals surface area contributed by atoms with E-state index in [9.17, 15) is 4.79 Å². The topological polar surface area (TPSA) is 91.0 Å². The molecule has 94 valence electrons. The highest BCUT2D eigenvalue weighted by Gasteiger charge is 2.18. The van der Waals surface area contributed by atoms with Crippen LogP contribution in [0.3, 0.4) is 0 Å². The summed E-state index contributed by atoms with van der Waals surface area (Å²) in [6, 6.07) is 0. The van der Waals surface area contributed by atoms with Gasteiger partial charge in [-0.05, 0) is 13.8 Å². The van der Waals surface area contributed by atoms with E-state index in [1.165, 1.54) is 11.3 Å². The van der Waals surface area contributed by atoms with Crippen LogP contribution in [-0.2, 0) is 4.74 Å². The third kappa shape index (κ3) is 2.30. The molecule has 6 nitrogen and oxygen atoms in total. The van der Waals surface area contributed by atoms with Gasteiger partial charge in [-0.1, -0.05) is 0 Å². The van der Waals surface area contributed by atoms with E-state index in [1.807, 2.05) is 0 Å². The second kappa shape index (κ2) is 5.09. The lowest BCUT2D eigenvalue weighted by atomic mass is 10.2. The zero-order valence-corrected chi connectivity index (χ0v) is 10.8. The molecule has 0 atom stereocenters. The van der Waals surface area contributed by atoms with Gasteiger partial charge in [-0.3, -0.25) is 4.98 Å². The Balaban J connectivity index is 2.44.